The number of carbonyl (C=O) groups is 3. The Kier molecular flexibility index (Phi) is 5.46. The number of allylic oxidation sites excluding steroid dienone is 3. The summed E-state index contributed by atoms with van der Waals surface area (Å²) < 4.78 is 0. The normalized spacial score (nSPS) is 23.6. The van der Waals surface area contributed by atoms with E-state index in [0.29, 0.717) is 36.1 Å². The van der Waals surface area contributed by atoms with Gasteiger partial charge in [-0.15, -0.1) is 0 Å². The maximum Gasteiger partial charge on any atom is 0.255 e. The van der Waals surface area contributed by atoms with Crippen LogP contribution in [0.4, 0.5) is 0 Å². The summed E-state index contributed by atoms with van der Waals surface area (Å²) in [5.74, 6) is -5.24. The van der Waals surface area contributed by atoms with Gasteiger partial charge in [-0.3, -0.25) is 19.4 Å². The molecule has 0 aliphatic heterocycles. The lowest BCUT2D eigenvalue weighted by molar-refractivity contribution is -0.126. The highest BCUT2D eigenvalue weighted by atomic mass is 16.3. The van der Waals surface area contributed by atoms with Gasteiger partial charge in [-0.25, -0.2) is 0 Å². The first kappa shape index (κ1) is 22.8. The average Bonchev–Trinajstić information content (AvgIpc) is 2.80. The number of pyridine rings is 1. The number of aromatic nitrogens is 1. The molecule has 5 rings (SSSR count). The molecule has 2 aromatic rings. The van der Waals surface area contributed by atoms with Crippen molar-refractivity contribution in [1.29, 1.82) is 0 Å². The summed E-state index contributed by atoms with van der Waals surface area (Å²) >= 11 is 0. The standard InChI is InChI=1S/C27H26N2O6/c1-2-5-12-9-15(17-6-3-4-7-29-17)16-10-13-8-14-11-18(30)22(27(28)35)26(34)20(14)24(32)19(13)25(33)21(16)23(12)31/h3-4,6-7,9,13-14,20,30-32H,2,5,8,10-11H2,1H3,(H2,28,35). The maximum atomic E-state index is 13.8. The van der Waals surface area contributed by atoms with Crippen LogP contribution in [-0.2, 0) is 22.4 Å². The average molecular weight is 475 g/mol. The van der Waals surface area contributed by atoms with E-state index in [1.807, 2.05) is 25.1 Å². The molecule has 1 heterocycles. The molecule has 180 valence electrons. The van der Waals surface area contributed by atoms with Gasteiger partial charge in [-0.1, -0.05) is 19.4 Å². The zero-order valence-electron chi connectivity index (χ0n) is 19.2. The fraction of sp³-hybridized carbons (Fsp3) is 0.333. The van der Waals surface area contributed by atoms with E-state index in [-0.39, 0.29) is 29.1 Å². The highest BCUT2D eigenvalue weighted by Crippen LogP contribution is 2.51. The number of ketones is 2. The maximum absolute atomic E-state index is 13.8. The van der Waals surface area contributed by atoms with Gasteiger partial charge in [-0.2, -0.15) is 0 Å². The monoisotopic (exact) mass is 474 g/mol. The van der Waals surface area contributed by atoms with E-state index in [4.69, 9.17) is 5.73 Å². The van der Waals surface area contributed by atoms with Crippen LogP contribution in [-0.4, -0.2) is 37.8 Å². The van der Waals surface area contributed by atoms with Crippen molar-refractivity contribution < 1.29 is 29.7 Å². The number of phenolic OH excluding ortho intramolecular Hbond substituents is 1. The third-order valence-corrected chi connectivity index (χ3v) is 7.43. The Bertz CT molecular complexity index is 1340. The second-order valence-electron chi connectivity index (χ2n) is 9.51. The molecule has 0 radical (unpaired) electrons. The number of carbonyl (C=O) groups excluding carboxylic acids is 3. The molecule has 8 nitrogen and oxygen atoms in total. The van der Waals surface area contributed by atoms with Crippen molar-refractivity contribution in [2.24, 2.45) is 23.5 Å². The topological polar surface area (TPSA) is 151 Å². The number of nitrogens with zero attached hydrogens (tertiary/aromatic N) is 1. The largest absolute Gasteiger partial charge is 0.511 e. The molecular formula is C27H26N2O6. The van der Waals surface area contributed by atoms with Gasteiger partial charge in [0.05, 0.1) is 17.2 Å². The Morgan fingerprint density at radius 1 is 1.17 bits per heavy atom. The first-order chi connectivity index (χ1) is 16.7. The molecule has 5 N–H and O–H groups in total. The summed E-state index contributed by atoms with van der Waals surface area (Å²) in [5, 5.41) is 32.6. The van der Waals surface area contributed by atoms with Gasteiger partial charge in [0.2, 0.25) is 0 Å². The molecule has 1 aromatic carbocycles. The third-order valence-electron chi connectivity index (χ3n) is 7.43. The van der Waals surface area contributed by atoms with E-state index in [9.17, 15) is 29.7 Å². The van der Waals surface area contributed by atoms with Crippen LogP contribution >= 0.6 is 0 Å². The molecule has 1 aromatic heterocycles. The molecule has 3 aliphatic carbocycles. The second kappa shape index (κ2) is 8.37. The summed E-state index contributed by atoms with van der Waals surface area (Å²) in [6.45, 7) is 1.97. The fourth-order valence-electron chi connectivity index (χ4n) is 5.97. The van der Waals surface area contributed by atoms with Gasteiger partial charge in [-0.05, 0) is 60.4 Å². The van der Waals surface area contributed by atoms with Gasteiger partial charge >= 0.3 is 0 Å². The Labute approximate surface area is 201 Å². The summed E-state index contributed by atoms with van der Waals surface area (Å²) in [4.78, 5) is 43.1. The fourth-order valence-corrected chi connectivity index (χ4v) is 5.97. The van der Waals surface area contributed by atoms with E-state index in [1.165, 1.54) is 0 Å². The smallest absolute Gasteiger partial charge is 0.255 e. The number of nitrogens with two attached hydrogens (primary N) is 1. The van der Waals surface area contributed by atoms with Crippen molar-refractivity contribution in [1.82, 2.24) is 4.98 Å². The van der Waals surface area contributed by atoms with E-state index in [2.05, 4.69) is 4.98 Å². The van der Waals surface area contributed by atoms with Gasteiger partial charge in [0, 0.05) is 23.8 Å². The Morgan fingerprint density at radius 2 is 1.94 bits per heavy atom. The first-order valence-electron chi connectivity index (χ1n) is 11.8. The third kappa shape index (κ3) is 3.43. The summed E-state index contributed by atoms with van der Waals surface area (Å²) in [7, 11) is 0. The number of rotatable bonds is 4. The van der Waals surface area contributed by atoms with Crippen LogP contribution < -0.4 is 5.73 Å². The van der Waals surface area contributed by atoms with Gasteiger partial charge in [0.25, 0.3) is 5.91 Å². The van der Waals surface area contributed by atoms with Crippen LogP contribution in [0.2, 0.25) is 0 Å². The lowest BCUT2D eigenvalue weighted by Gasteiger charge is -2.41. The Balaban J connectivity index is 1.69. The molecule has 3 unspecified atom stereocenters. The number of fused-ring (bicyclic) bond motifs is 3. The molecule has 0 spiro atoms. The molecule has 3 atom stereocenters. The zero-order chi connectivity index (χ0) is 25.0. The van der Waals surface area contributed by atoms with E-state index in [1.54, 1.807) is 12.3 Å². The number of aliphatic hydroxyl groups is 2. The number of hydrogen-bond donors (Lipinski definition) is 4. The van der Waals surface area contributed by atoms with Gasteiger partial charge < -0.3 is 21.1 Å². The highest BCUT2D eigenvalue weighted by molar-refractivity contribution is 6.22. The van der Waals surface area contributed by atoms with Gasteiger partial charge in [0.15, 0.2) is 11.6 Å². The molecule has 35 heavy (non-hydrogen) atoms. The van der Waals surface area contributed by atoms with Crippen molar-refractivity contribution in [3.8, 4) is 17.0 Å². The minimum absolute atomic E-state index is 0.0113. The van der Waals surface area contributed by atoms with Crippen molar-refractivity contribution in [2.45, 2.75) is 39.0 Å². The number of amides is 1. The van der Waals surface area contributed by atoms with Crippen molar-refractivity contribution in [3.05, 3.63) is 69.8 Å². The molecule has 0 saturated heterocycles. The van der Waals surface area contributed by atoms with Crippen LogP contribution in [0, 0.1) is 17.8 Å². The molecule has 3 aliphatic rings. The number of aliphatic hydroxyl groups excluding tert-OH is 2. The minimum atomic E-state index is -1.12. The number of aryl methyl sites for hydroxylation is 1. The quantitative estimate of drug-likeness (QED) is 0.495. The lowest BCUT2D eigenvalue weighted by atomic mass is 9.62. The van der Waals surface area contributed by atoms with Crippen molar-refractivity contribution >= 4 is 17.5 Å². The second-order valence-corrected chi connectivity index (χ2v) is 9.51. The Morgan fingerprint density at radius 3 is 2.60 bits per heavy atom. The first-order valence-corrected chi connectivity index (χ1v) is 11.8. The highest BCUT2D eigenvalue weighted by Gasteiger charge is 2.50. The summed E-state index contributed by atoms with van der Waals surface area (Å²) in [5.41, 5.74) is 7.70. The van der Waals surface area contributed by atoms with Crippen molar-refractivity contribution in [3.63, 3.8) is 0 Å². The minimum Gasteiger partial charge on any atom is -0.511 e. The van der Waals surface area contributed by atoms with Crippen LogP contribution in [0.15, 0.2) is 53.1 Å². The number of aromatic hydroxyl groups is 1. The molecule has 0 bridgehead atoms. The number of Topliss-reactive ketones (excluding diaryl/α,β-unsaturated/α-hetero) is 2. The number of benzene rings is 1. The van der Waals surface area contributed by atoms with Crippen LogP contribution in [0.5, 0.6) is 5.75 Å². The number of primary amides is 1. The predicted octanol–water partition coefficient (Wildman–Crippen LogP) is 3.48. The van der Waals surface area contributed by atoms with Gasteiger partial charge in [0.1, 0.15) is 22.8 Å². The SMILES string of the molecule is CCCc1cc(-c2ccccn2)c2c(c1O)C(=O)C1=C(O)C3C(=O)C(C(N)=O)=C(O)CC3CC1C2. The molecular weight excluding hydrogens is 448 g/mol. The van der Waals surface area contributed by atoms with Crippen LogP contribution in [0.1, 0.15) is 47.7 Å². The lowest BCUT2D eigenvalue weighted by Crippen LogP contribution is -2.43. The summed E-state index contributed by atoms with van der Waals surface area (Å²) in [6.07, 6.45) is 3.70. The number of phenols is 1. The molecule has 1 amide bonds. The van der Waals surface area contributed by atoms with Crippen LogP contribution in [0.25, 0.3) is 11.3 Å². The van der Waals surface area contributed by atoms with E-state index < -0.39 is 46.6 Å². The van der Waals surface area contributed by atoms with Crippen molar-refractivity contribution in [2.75, 3.05) is 0 Å². The molecule has 8 heteroatoms. The zero-order valence-corrected chi connectivity index (χ0v) is 19.2. The Hall–Kier alpha value is -3.94. The molecule has 0 fully saturated rings. The predicted molar refractivity (Wildman–Crippen MR) is 127 cm³/mol. The van der Waals surface area contributed by atoms with Crippen LogP contribution in [0.3, 0.4) is 0 Å². The van der Waals surface area contributed by atoms with E-state index in [0.717, 1.165) is 12.0 Å². The number of hydrogen-bond acceptors (Lipinski definition) is 7. The molecule has 0 saturated carbocycles. The summed E-state index contributed by atoms with van der Waals surface area (Å²) in [6, 6.07) is 7.38. The van der Waals surface area contributed by atoms with E-state index >= 15 is 0 Å².